The van der Waals surface area contributed by atoms with Crippen LogP contribution in [0.5, 0.6) is 0 Å². The summed E-state index contributed by atoms with van der Waals surface area (Å²) in [5.41, 5.74) is 10.4. The summed E-state index contributed by atoms with van der Waals surface area (Å²) < 4.78 is 0. The number of fused-ring (bicyclic) bond motifs is 1. The van der Waals surface area contributed by atoms with Crippen molar-refractivity contribution in [3.05, 3.63) is 71.3 Å². The van der Waals surface area contributed by atoms with Gasteiger partial charge in [0.05, 0.1) is 12.3 Å². The van der Waals surface area contributed by atoms with Crippen molar-refractivity contribution in [2.45, 2.75) is 13.1 Å². The van der Waals surface area contributed by atoms with Gasteiger partial charge in [-0.25, -0.2) is 9.98 Å². The van der Waals surface area contributed by atoms with E-state index in [0.29, 0.717) is 17.8 Å². The zero-order valence-corrected chi connectivity index (χ0v) is 14.9. The molecule has 0 aliphatic carbocycles. The molecule has 6 heteroatoms. The number of rotatable bonds is 3. The van der Waals surface area contributed by atoms with Crippen molar-refractivity contribution >= 4 is 35.5 Å². The van der Waals surface area contributed by atoms with Crippen LogP contribution >= 0.6 is 0 Å². The number of hydrogen-bond donors (Lipinski definition) is 1. The Bertz CT molecular complexity index is 1000. The summed E-state index contributed by atoms with van der Waals surface area (Å²) in [7, 11) is 0. The normalized spacial score (nSPS) is 17.7. The summed E-state index contributed by atoms with van der Waals surface area (Å²) in [5, 5.41) is 0. The third-order valence-corrected chi connectivity index (χ3v) is 4.74. The minimum absolute atomic E-state index is 0.155. The third kappa shape index (κ3) is 3.06. The number of nitrogens with zero attached hydrogens (tertiary/aromatic N) is 4. The van der Waals surface area contributed by atoms with E-state index < -0.39 is 6.17 Å². The number of hydrogen-bond acceptors (Lipinski definition) is 5. The van der Waals surface area contributed by atoms with Crippen LogP contribution < -0.4 is 10.6 Å². The van der Waals surface area contributed by atoms with E-state index in [2.05, 4.69) is 15.0 Å². The minimum Gasteiger partial charge on any atom is -0.398 e. The lowest BCUT2D eigenvalue weighted by Gasteiger charge is -2.33. The Morgan fingerprint density at radius 3 is 2.78 bits per heavy atom. The Hall–Kier alpha value is -3.54. The van der Waals surface area contributed by atoms with Gasteiger partial charge in [-0.3, -0.25) is 14.7 Å². The number of para-hydroxylation sites is 1. The molecule has 2 heterocycles. The predicted octanol–water partition coefficient (Wildman–Crippen LogP) is 3.04. The molecule has 2 aliphatic rings. The van der Waals surface area contributed by atoms with Gasteiger partial charge in [0.2, 0.25) is 0 Å². The molecule has 0 radical (unpaired) electrons. The Morgan fingerprint density at radius 2 is 1.96 bits per heavy atom. The van der Waals surface area contributed by atoms with Crippen LogP contribution in [-0.4, -0.2) is 36.9 Å². The molecular formula is C21H19N5O. The van der Waals surface area contributed by atoms with Gasteiger partial charge in [0.25, 0.3) is 5.91 Å². The second kappa shape index (κ2) is 6.99. The van der Waals surface area contributed by atoms with Crippen molar-refractivity contribution < 1.29 is 4.79 Å². The maximum atomic E-state index is 13.6. The molecule has 0 spiro atoms. The van der Waals surface area contributed by atoms with Gasteiger partial charge in [-0.05, 0) is 42.8 Å². The number of amides is 1. The highest BCUT2D eigenvalue weighted by atomic mass is 16.2. The lowest BCUT2D eigenvalue weighted by molar-refractivity contribution is 0.0980. The average molecular weight is 357 g/mol. The molecule has 2 aliphatic heterocycles. The Labute approximate surface area is 157 Å². The van der Waals surface area contributed by atoms with Crippen LogP contribution in [0.1, 0.15) is 15.9 Å². The number of benzene rings is 2. The van der Waals surface area contributed by atoms with E-state index in [1.807, 2.05) is 43.3 Å². The van der Waals surface area contributed by atoms with E-state index >= 15 is 0 Å². The number of aliphatic imine (C=N–C) groups is 3. The van der Waals surface area contributed by atoms with Crippen LogP contribution in [0.3, 0.4) is 0 Å². The number of carbonyl (C=O) groups excluding carboxylic acids is 1. The van der Waals surface area contributed by atoms with Gasteiger partial charge in [0, 0.05) is 28.7 Å². The summed E-state index contributed by atoms with van der Waals surface area (Å²) in [4.78, 5) is 28.4. The van der Waals surface area contributed by atoms with Crippen LogP contribution in [0, 0.1) is 6.92 Å². The Balaban J connectivity index is 1.84. The Kier molecular flexibility index (Phi) is 4.38. The van der Waals surface area contributed by atoms with Crippen LogP contribution in [0.15, 0.2) is 75.2 Å². The zero-order valence-electron chi connectivity index (χ0n) is 14.9. The summed E-state index contributed by atoms with van der Waals surface area (Å²) in [6, 6.07) is 14.9. The van der Waals surface area contributed by atoms with Crippen molar-refractivity contribution in [1.29, 1.82) is 0 Å². The van der Waals surface area contributed by atoms with Crippen molar-refractivity contribution in [3.8, 4) is 0 Å². The molecule has 2 aromatic carbocycles. The van der Waals surface area contributed by atoms with Crippen LogP contribution in [-0.2, 0) is 0 Å². The number of allylic oxidation sites excluding steroid dienone is 1. The highest BCUT2D eigenvalue weighted by molar-refractivity contribution is 6.15. The van der Waals surface area contributed by atoms with E-state index in [9.17, 15) is 4.79 Å². The number of dihydropyridines is 1. The molecule has 0 saturated heterocycles. The molecule has 4 rings (SSSR count). The van der Waals surface area contributed by atoms with E-state index in [1.165, 1.54) is 6.34 Å². The molecule has 0 fully saturated rings. The maximum absolute atomic E-state index is 13.6. The lowest BCUT2D eigenvalue weighted by atomic mass is 10.00. The fourth-order valence-corrected chi connectivity index (χ4v) is 3.24. The van der Waals surface area contributed by atoms with E-state index in [1.54, 1.807) is 29.3 Å². The first-order chi connectivity index (χ1) is 13.2. The number of carbonyl (C=O) groups is 1. The molecular weight excluding hydrogens is 338 g/mol. The van der Waals surface area contributed by atoms with E-state index in [-0.39, 0.29) is 5.91 Å². The number of nitrogen functional groups attached to an aromatic ring is 1. The summed E-state index contributed by atoms with van der Waals surface area (Å²) >= 11 is 0. The van der Waals surface area contributed by atoms with Crippen molar-refractivity contribution in [3.63, 3.8) is 0 Å². The van der Waals surface area contributed by atoms with Crippen molar-refractivity contribution in [2.75, 3.05) is 17.2 Å². The highest BCUT2D eigenvalue weighted by Gasteiger charge is 2.33. The van der Waals surface area contributed by atoms with E-state index in [0.717, 1.165) is 22.5 Å². The minimum atomic E-state index is -0.500. The topological polar surface area (TPSA) is 83.4 Å². The summed E-state index contributed by atoms with van der Waals surface area (Å²) in [6.45, 7) is 2.35. The molecule has 1 amide bonds. The monoisotopic (exact) mass is 357 g/mol. The number of anilines is 2. The van der Waals surface area contributed by atoms with Gasteiger partial charge in [0.15, 0.2) is 6.17 Å². The smallest absolute Gasteiger partial charge is 0.260 e. The SMILES string of the molecule is Cc1c(N)cccc1C(=O)N(c1ccccc1)C1N=CN=C2CN=CC=C21. The summed E-state index contributed by atoms with van der Waals surface area (Å²) in [5.74, 6) is -0.155. The first-order valence-electron chi connectivity index (χ1n) is 8.69. The first kappa shape index (κ1) is 16.9. The lowest BCUT2D eigenvalue weighted by Crippen LogP contribution is -2.44. The van der Waals surface area contributed by atoms with Gasteiger partial charge in [0.1, 0.15) is 6.34 Å². The van der Waals surface area contributed by atoms with Gasteiger partial charge < -0.3 is 5.73 Å². The molecule has 6 nitrogen and oxygen atoms in total. The molecule has 134 valence electrons. The zero-order chi connectivity index (χ0) is 18.8. The fraction of sp³-hybridized carbons (Fsp3) is 0.143. The van der Waals surface area contributed by atoms with Crippen LogP contribution in [0.4, 0.5) is 11.4 Å². The fourth-order valence-electron chi connectivity index (χ4n) is 3.24. The van der Waals surface area contributed by atoms with Crippen LogP contribution in [0.25, 0.3) is 0 Å². The van der Waals surface area contributed by atoms with Gasteiger partial charge in [-0.1, -0.05) is 24.3 Å². The standard InChI is InChI=1S/C21H19N5O/c1-14-16(8-5-9-18(14)22)21(27)26(15-6-3-2-4-7-15)20-17-10-11-23-12-19(17)24-13-25-20/h2-11,13,20H,12,22H2,1H3. The molecule has 1 unspecified atom stereocenters. The predicted molar refractivity (Wildman–Crippen MR) is 110 cm³/mol. The second-order valence-electron chi connectivity index (χ2n) is 6.36. The summed E-state index contributed by atoms with van der Waals surface area (Å²) in [6.07, 6.45) is 4.62. The first-order valence-corrected chi connectivity index (χ1v) is 8.69. The molecule has 0 aromatic heterocycles. The number of nitrogens with two attached hydrogens (primary N) is 1. The van der Waals surface area contributed by atoms with Gasteiger partial charge >= 0.3 is 0 Å². The quantitative estimate of drug-likeness (QED) is 0.857. The average Bonchev–Trinajstić information content (AvgIpc) is 2.71. The molecule has 0 saturated carbocycles. The molecule has 2 N–H and O–H groups in total. The molecule has 27 heavy (non-hydrogen) atoms. The van der Waals surface area contributed by atoms with Gasteiger partial charge in [-0.15, -0.1) is 0 Å². The molecule has 2 aromatic rings. The van der Waals surface area contributed by atoms with Crippen LogP contribution in [0.2, 0.25) is 0 Å². The molecule has 0 bridgehead atoms. The van der Waals surface area contributed by atoms with Crippen molar-refractivity contribution in [2.24, 2.45) is 15.0 Å². The Morgan fingerprint density at radius 1 is 1.15 bits per heavy atom. The second-order valence-corrected chi connectivity index (χ2v) is 6.36. The highest BCUT2D eigenvalue weighted by Crippen LogP contribution is 2.28. The third-order valence-electron chi connectivity index (χ3n) is 4.74. The molecule has 1 atom stereocenters. The maximum Gasteiger partial charge on any atom is 0.260 e. The van der Waals surface area contributed by atoms with Crippen molar-refractivity contribution in [1.82, 2.24) is 0 Å². The van der Waals surface area contributed by atoms with Gasteiger partial charge in [-0.2, -0.15) is 0 Å². The van der Waals surface area contributed by atoms with E-state index in [4.69, 9.17) is 5.73 Å². The largest absolute Gasteiger partial charge is 0.398 e.